The third-order valence-electron chi connectivity index (χ3n) is 7.27. The molecule has 5 heteroatoms. The quantitative estimate of drug-likeness (QED) is 0.488. The lowest BCUT2D eigenvalue weighted by atomic mass is 9.89. The average molecular weight is 457 g/mol. The van der Waals surface area contributed by atoms with Crippen LogP contribution in [0.25, 0.3) is 0 Å². The number of methoxy groups -OCH3 is 1. The lowest BCUT2D eigenvalue weighted by Crippen LogP contribution is -2.45. The van der Waals surface area contributed by atoms with Crippen molar-refractivity contribution in [3.8, 4) is 5.75 Å². The number of benzene rings is 3. The fraction of sp³-hybridized carbons (Fsp3) is 0.379. The molecule has 2 aliphatic rings. The maximum Gasteiger partial charge on any atom is 0.118 e. The van der Waals surface area contributed by atoms with Crippen molar-refractivity contribution in [3.05, 3.63) is 89.5 Å². The summed E-state index contributed by atoms with van der Waals surface area (Å²) in [7, 11) is 1.71. The van der Waals surface area contributed by atoms with Gasteiger partial charge < -0.3 is 20.3 Å². The fourth-order valence-electron chi connectivity index (χ4n) is 5.16. The number of ether oxygens (including phenoxy) is 1. The van der Waals surface area contributed by atoms with Gasteiger partial charge in [0, 0.05) is 44.1 Å². The predicted molar refractivity (Wildman–Crippen MR) is 141 cm³/mol. The molecular formula is C29H36N4O. The van der Waals surface area contributed by atoms with Gasteiger partial charge in [0.05, 0.1) is 19.2 Å². The molecule has 2 aliphatic heterocycles. The summed E-state index contributed by atoms with van der Waals surface area (Å²) in [6.45, 7) is 9.13. The first-order valence-electron chi connectivity index (χ1n) is 12.5. The fourth-order valence-corrected chi connectivity index (χ4v) is 5.16. The van der Waals surface area contributed by atoms with E-state index in [2.05, 4.69) is 88.0 Å². The minimum atomic E-state index is 0.248. The van der Waals surface area contributed by atoms with Gasteiger partial charge in [-0.15, -0.1) is 0 Å². The first kappa shape index (κ1) is 22.8. The van der Waals surface area contributed by atoms with Crippen LogP contribution in [0.15, 0.2) is 72.8 Å². The third-order valence-corrected chi connectivity index (χ3v) is 7.27. The van der Waals surface area contributed by atoms with Gasteiger partial charge in [0.2, 0.25) is 0 Å². The number of piperazine rings is 1. The van der Waals surface area contributed by atoms with E-state index in [1.807, 2.05) is 12.1 Å². The van der Waals surface area contributed by atoms with Gasteiger partial charge in [0.15, 0.2) is 0 Å². The van der Waals surface area contributed by atoms with E-state index in [-0.39, 0.29) is 12.1 Å². The zero-order valence-corrected chi connectivity index (χ0v) is 20.3. The van der Waals surface area contributed by atoms with Gasteiger partial charge >= 0.3 is 0 Å². The maximum absolute atomic E-state index is 5.34. The Kier molecular flexibility index (Phi) is 7.02. The van der Waals surface area contributed by atoms with E-state index in [1.54, 1.807) is 7.11 Å². The van der Waals surface area contributed by atoms with Crippen LogP contribution >= 0.6 is 0 Å². The Morgan fingerprint density at radius 3 is 2.29 bits per heavy atom. The van der Waals surface area contributed by atoms with Crippen molar-refractivity contribution in [3.63, 3.8) is 0 Å². The molecule has 5 rings (SSSR count). The van der Waals surface area contributed by atoms with E-state index >= 15 is 0 Å². The van der Waals surface area contributed by atoms with Crippen molar-refractivity contribution >= 4 is 11.4 Å². The number of hydrogen-bond donors (Lipinski definition) is 2. The highest BCUT2D eigenvalue weighted by atomic mass is 16.5. The molecule has 0 spiro atoms. The standard InChI is InChI=1S/C29H36N4O/c1-3-32-16-18-33(19-17-32)21-22-8-12-24(13-9-22)30-29-20-28(23-10-14-25(34-2)15-11-23)31-27-7-5-4-6-26(27)29/h4-15,28-31H,3,16-21H2,1-2H3. The van der Waals surface area contributed by atoms with Crippen LogP contribution in [-0.4, -0.2) is 49.6 Å². The molecule has 2 heterocycles. The normalized spacial score (nSPS) is 20.9. The summed E-state index contributed by atoms with van der Waals surface area (Å²) in [4.78, 5) is 5.09. The number of rotatable bonds is 7. The highest BCUT2D eigenvalue weighted by molar-refractivity contribution is 5.59. The van der Waals surface area contributed by atoms with E-state index in [1.165, 1.54) is 41.2 Å². The number of likely N-dealkylation sites (N-methyl/N-ethyl adjacent to an activating group) is 1. The number of para-hydroxylation sites is 1. The van der Waals surface area contributed by atoms with Gasteiger partial charge in [-0.05, 0) is 60.0 Å². The van der Waals surface area contributed by atoms with E-state index in [9.17, 15) is 0 Å². The molecule has 3 aromatic carbocycles. The Labute approximate surface area is 203 Å². The van der Waals surface area contributed by atoms with Crippen molar-refractivity contribution in [2.75, 3.05) is 50.5 Å². The minimum Gasteiger partial charge on any atom is -0.497 e. The number of nitrogens with zero attached hydrogens (tertiary/aromatic N) is 2. The van der Waals surface area contributed by atoms with Crippen molar-refractivity contribution < 1.29 is 4.74 Å². The molecule has 0 aliphatic carbocycles. The number of anilines is 2. The molecule has 0 aromatic heterocycles. The van der Waals surface area contributed by atoms with Gasteiger partial charge in [-0.2, -0.15) is 0 Å². The highest BCUT2D eigenvalue weighted by Crippen LogP contribution is 2.40. The van der Waals surface area contributed by atoms with Crippen LogP contribution in [0, 0.1) is 0 Å². The van der Waals surface area contributed by atoms with Crippen molar-refractivity contribution in [2.45, 2.75) is 32.0 Å². The Bertz CT molecular complexity index is 1060. The van der Waals surface area contributed by atoms with Crippen LogP contribution in [0.5, 0.6) is 5.75 Å². The van der Waals surface area contributed by atoms with Crippen LogP contribution in [-0.2, 0) is 6.54 Å². The Morgan fingerprint density at radius 2 is 1.59 bits per heavy atom. The van der Waals surface area contributed by atoms with Crippen molar-refractivity contribution in [2.24, 2.45) is 0 Å². The molecule has 178 valence electrons. The number of nitrogens with one attached hydrogen (secondary N) is 2. The van der Waals surface area contributed by atoms with Gasteiger partial charge in [0.25, 0.3) is 0 Å². The highest BCUT2D eigenvalue weighted by Gasteiger charge is 2.27. The summed E-state index contributed by atoms with van der Waals surface area (Å²) in [6, 6.07) is 26.6. The second kappa shape index (κ2) is 10.5. The zero-order valence-electron chi connectivity index (χ0n) is 20.3. The molecule has 1 fully saturated rings. The van der Waals surface area contributed by atoms with Gasteiger partial charge in [-0.3, -0.25) is 4.90 Å². The smallest absolute Gasteiger partial charge is 0.118 e. The van der Waals surface area contributed by atoms with Gasteiger partial charge in [-0.25, -0.2) is 0 Å². The molecule has 5 nitrogen and oxygen atoms in total. The third kappa shape index (κ3) is 5.21. The molecule has 3 aromatic rings. The van der Waals surface area contributed by atoms with Crippen LogP contribution in [0.3, 0.4) is 0 Å². The summed E-state index contributed by atoms with van der Waals surface area (Å²) in [6.07, 6.45) is 0.979. The molecule has 0 amide bonds. The second-order valence-corrected chi connectivity index (χ2v) is 9.40. The van der Waals surface area contributed by atoms with Crippen LogP contribution in [0.1, 0.15) is 42.1 Å². The van der Waals surface area contributed by atoms with Crippen molar-refractivity contribution in [1.82, 2.24) is 9.80 Å². The summed E-state index contributed by atoms with van der Waals surface area (Å²) >= 11 is 0. The number of hydrogen-bond acceptors (Lipinski definition) is 5. The summed E-state index contributed by atoms with van der Waals surface area (Å²) < 4.78 is 5.34. The molecule has 0 bridgehead atoms. The molecule has 0 saturated carbocycles. The largest absolute Gasteiger partial charge is 0.497 e. The Morgan fingerprint density at radius 1 is 0.882 bits per heavy atom. The first-order valence-corrected chi connectivity index (χ1v) is 12.5. The molecule has 34 heavy (non-hydrogen) atoms. The van der Waals surface area contributed by atoms with E-state index in [0.717, 1.165) is 38.3 Å². The Balaban J connectivity index is 1.27. The average Bonchev–Trinajstić information content (AvgIpc) is 2.90. The topological polar surface area (TPSA) is 39.8 Å². The van der Waals surface area contributed by atoms with Gasteiger partial charge in [-0.1, -0.05) is 49.4 Å². The monoisotopic (exact) mass is 456 g/mol. The molecule has 2 unspecified atom stereocenters. The summed E-state index contributed by atoms with van der Waals surface area (Å²) in [5.41, 5.74) is 6.37. The minimum absolute atomic E-state index is 0.248. The first-order chi connectivity index (χ1) is 16.7. The maximum atomic E-state index is 5.34. The van der Waals surface area contributed by atoms with Crippen LogP contribution in [0.2, 0.25) is 0 Å². The van der Waals surface area contributed by atoms with E-state index < -0.39 is 0 Å². The predicted octanol–water partition coefficient (Wildman–Crippen LogP) is 5.54. The Hall–Kier alpha value is -3.02. The molecule has 0 radical (unpaired) electrons. The molecule has 2 atom stereocenters. The van der Waals surface area contributed by atoms with Crippen LogP contribution in [0.4, 0.5) is 11.4 Å². The number of fused-ring (bicyclic) bond motifs is 1. The summed E-state index contributed by atoms with van der Waals surface area (Å²) in [5.74, 6) is 0.891. The molecule has 1 saturated heterocycles. The van der Waals surface area contributed by atoms with Crippen LogP contribution < -0.4 is 15.4 Å². The lowest BCUT2D eigenvalue weighted by Gasteiger charge is -2.35. The molecular weight excluding hydrogens is 420 g/mol. The van der Waals surface area contributed by atoms with Crippen molar-refractivity contribution in [1.29, 1.82) is 0 Å². The molecule has 2 N–H and O–H groups in total. The zero-order chi connectivity index (χ0) is 23.3. The van der Waals surface area contributed by atoms with E-state index in [4.69, 9.17) is 4.74 Å². The van der Waals surface area contributed by atoms with Gasteiger partial charge in [0.1, 0.15) is 5.75 Å². The van der Waals surface area contributed by atoms with E-state index in [0.29, 0.717) is 0 Å². The second-order valence-electron chi connectivity index (χ2n) is 9.40. The SMILES string of the molecule is CCN1CCN(Cc2ccc(NC3CC(c4ccc(OC)cc4)Nc4ccccc43)cc2)CC1. The lowest BCUT2D eigenvalue weighted by molar-refractivity contribution is 0.132. The summed E-state index contributed by atoms with van der Waals surface area (Å²) in [5, 5.41) is 7.56.